The van der Waals surface area contributed by atoms with E-state index in [0.717, 1.165) is 5.56 Å². The van der Waals surface area contributed by atoms with E-state index < -0.39 is 72.6 Å². The highest BCUT2D eigenvalue weighted by molar-refractivity contribution is 5.94. The number of benzene rings is 1. The Hall–Kier alpha value is -4.00. The topological polar surface area (TPSA) is 225 Å². The van der Waals surface area contributed by atoms with Gasteiger partial charge in [-0.1, -0.05) is 44.2 Å². The molecule has 210 valence electrons. The largest absolute Gasteiger partial charge is 0.481 e. The zero-order valence-electron chi connectivity index (χ0n) is 21.4. The summed E-state index contributed by atoms with van der Waals surface area (Å²) < 4.78 is 0. The SMILES string of the molecule is CC(C)CC(NC(=O)C(CCC(=O)O)NC(=O)C(N)Cc1ccccc1)C(=O)NC(CCC(=O)O)C(=O)O. The van der Waals surface area contributed by atoms with E-state index in [1.54, 1.807) is 44.2 Å². The maximum absolute atomic E-state index is 13.1. The van der Waals surface area contributed by atoms with Gasteiger partial charge in [-0.25, -0.2) is 4.79 Å². The molecular weight excluding hydrogens is 500 g/mol. The molecule has 8 N–H and O–H groups in total. The van der Waals surface area contributed by atoms with Crippen LogP contribution in [0, 0.1) is 5.92 Å². The van der Waals surface area contributed by atoms with Gasteiger partial charge in [0.2, 0.25) is 17.7 Å². The molecule has 0 saturated heterocycles. The Bertz CT molecular complexity index is 984. The minimum Gasteiger partial charge on any atom is -0.481 e. The molecule has 0 fully saturated rings. The molecule has 13 nitrogen and oxygen atoms in total. The number of nitrogens with two attached hydrogens (primary N) is 1. The van der Waals surface area contributed by atoms with E-state index in [1.165, 1.54) is 0 Å². The van der Waals surface area contributed by atoms with Crippen LogP contribution < -0.4 is 21.7 Å². The smallest absolute Gasteiger partial charge is 0.326 e. The summed E-state index contributed by atoms with van der Waals surface area (Å²) in [5.41, 5.74) is 6.76. The maximum Gasteiger partial charge on any atom is 0.326 e. The van der Waals surface area contributed by atoms with Crippen molar-refractivity contribution in [1.29, 1.82) is 0 Å². The van der Waals surface area contributed by atoms with Crippen LogP contribution in [0.15, 0.2) is 30.3 Å². The highest BCUT2D eigenvalue weighted by Crippen LogP contribution is 2.09. The summed E-state index contributed by atoms with van der Waals surface area (Å²) in [4.78, 5) is 72.0. The van der Waals surface area contributed by atoms with Crippen molar-refractivity contribution in [3.05, 3.63) is 35.9 Å². The zero-order valence-corrected chi connectivity index (χ0v) is 21.4. The number of carbonyl (C=O) groups is 6. The summed E-state index contributed by atoms with van der Waals surface area (Å²) in [6.07, 6.45) is -1.33. The van der Waals surface area contributed by atoms with Crippen LogP contribution >= 0.6 is 0 Å². The predicted molar refractivity (Wildman–Crippen MR) is 135 cm³/mol. The minimum absolute atomic E-state index is 0.0932. The normalized spacial score (nSPS) is 14.0. The van der Waals surface area contributed by atoms with Crippen LogP contribution in [0.25, 0.3) is 0 Å². The molecule has 0 radical (unpaired) electrons. The molecule has 4 atom stereocenters. The van der Waals surface area contributed by atoms with E-state index in [-0.39, 0.29) is 31.6 Å². The molecule has 0 aromatic heterocycles. The molecule has 0 bridgehead atoms. The quantitative estimate of drug-likeness (QED) is 0.140. The van der Waals surface area contributed by atoms with Gasteiger partial charge in [0.05, 0.1) is 6.04 Å². The van der Waals surface area contributed by atoms with Crippen LogP contribution in [0.5, 0.6) is 0 Å². The molecule has 38 heavy (non-hydrogen) atoms. The van der Waals surface area contributed by atoms with E-state index >= 15 is 0 Å². The van der Waals surface area contributed by atoms with Gasteiger partial charge < -0.3 is 37.0 Å². The lowest BCUT2D eigenvalue weighted by atomic mass is 10.0. The number of carbonyl (C=O) groups excluding carboxylic acids is 3. The molecule has 0 aliphatic carbocycles. The van der Waals surface area contributed by atoms with Crippen LogP contribution in [0.3, 0.4) is 0 Å². The van der Waals surface area contributed by atoms with Crippen molar-refractivity contribution in [3.63, 3.8) is 0 Å². The molecule has 4 unspecified atom stereocenters. The number of aliphatic carboxylic acids is 3. The predicted octanol–water partition coefficient (Wildman–Crippen LogP) is -0.129. The minimum atomic E-state index is -1.50. The van der Waals surface area contributed by atoms with E-state index in [2.05, 4.69) is 16.0 Å². The fraction of sp³-hybridized carbons (Fsp3) is 0.520. The molecule has 0 heterocycles. The number of carboxylic acids is 3. The third kappa shape index (κ3) is 12.3. The second kappa shape index (κ2) is 16.0. The Labute approximate surface area is 220 Å². The van der Waals surface area contributed by atoms with Crippen LogP contribution in [0.1, 0.15) is 51.5 Å². The van der Waals surface area contributed by atoms with Gasteiger partial charge in [0.1, 0.15) is 18.1 Å². The highest BCUT2D eigenvalue weighted by Gasteiger charge is 2.31. The molecule has 0 spiro atoms. The number of hydrogen-bond donors (Lipinski definition) is 7. The summed E-state index contributed by atoms with van der Waals surface area (Å²) in [6.45, 7) is 3.52. The van der Waals surface area contributed by atoms with E-state index in [4.69, 9.17) is 15.9 Å². The van der Waals surface area contributed by atoms with Crippen molar-refractivity contribution in [2.75, 3.05) is 0 Å². The average molecular weight is 537 g/mol. The van der Waals surface area contributed by atoms with Gasteiger partial charge in [-0.3, -0.25) is 24.0 Å². The summed E-state index contributed by atoms with van der Waals surface area (Å²) in [6, 6.07) is 3.83. The standard InChI is InChI=1S/C25H36N4O9/c1-14(2)12-19(24(36)28-18(25(37)38)9-11-21(32)33)29-23(35)17(8-10-20(30)31)27-22(34)16(26)13-15-6-4-3-5-7-15/h3-7,14,16-19H,8-13,26H2,1-2H3,(H,27,34)(H,28,36)(H,29,35)(H,30,31)(H,32,33)(H,37,38). The van der Waals surface area contributed by atoms with E-state index in [0.29, 0.717) is 0 Å². The second-order valence-corrected chi connectivity index (χ2v) is 9.31. The first-order chi connectivity index (χ1) is 17.8. The second-order valence-electron chi connectivity index (χ2n) is 9.31. The van der Waals surface area contributed by atoms with E-state index in [1.807, 2.05) is 0 Å². The van der Waals surface area contributed by atoms with Crippen LogP contribution in [-0.4, -0.2) is 75.1 Å². The summed E-state index contributed by atoms with van der Waals surface area (Å²) in [5, 5.41) is 34.4. The third-order valence-electron chi connectivity index (χ3n) is 5.52. The molecule has 0 saturated carbocycles. The van der Waals surface area contributed by atoms with Crippen molar-refractivity contribution in [2.45, 2.75) is 76.5 Å². The lowest BCUT2D eigenvalue weighted by Crippen LogP contribution is -2.57. The Morgan fingerprint density at radius 1 is 0.737 bits per heavy atom. The van der Waals surface area contributed by atoms with Gasteiger partial charge >= 0.3 is 17.9 Å². The number of hydrogen-bond acceptors (Lipinski definition) is 7. The van der Waals surface area contributed by atoms with Gasteiger partial charge in [-0.15, -0.1) is 0 Å². The Morgan fingerprint density at radius 2 is 1.21 bits per heavy atom. The van der Waals surface area contributed by atoms with Crippen molar-refractivity contribution in [2.24, 2.45) is 11.7 Å². The molecule has 1 aromatic rings. The van der Waals surface area contributed by atoms with Crippen LogP contribution in [0.2, 0.25) is 0 Å². The van der Waals surface area contributed by atoms with Crippen molar-refractivity contribution >= 4 is 35.6 Å². The Morgan fingerprint density at radius 3 is 1.71 bits per heavy atom. The molecule has 13 heteroatoms. The van der Waals surface area contributed by atoms with Crippen molar-refractivity contribution < 1.29 is 44.1 Å². The molecule has 1 aromatic carbocycles. The highest BCUT2D eigenvalue weighted by atomic mass is 16.4. The fourth-order valence-electron chi connectivity index (χ4n) is 3.55. The van der Waals surface area contributed by atoms with E-state index in [9.17, 15) is 33.9 Å². The zero-order chi connectivity index (χ0) is 28.8. The lowest BCUT2D eigenvalue weighted by molar-refractivity contribution is -0.143. The summed E-state index contributed by atoms with van der Waals surface area (Å²) in [7, 11) is 0. The van der Waals surface area contributed by atoms with Crippen molar-refractivity contribution in [3.8, 4) is 0 Å². The average Bonchev–Trinajstić information content (AvgIpc) is 2.83. The first-order valence-electron chi connectivity index (χ1n) is 12.2. The number of amides is 3. The maximum atomic E-state index is 13.1. The molecular formula is C25H36N4O9. The first kappa shape index (κ1) is 32.0. The molecule has 1 rings (SSSR count). The fourth-order valence-corrected chi connectivity index (χ4v) is 3.55. The van der Waals surface area contributed by atoms with Gasteiger partial charge in [-0.05, 0) is 37.2 Å². The first-order valence-corrected chi connectivity index (χ1v) is 12.2. The number of carboxylic acid groups (broad SMARTS) is 3. The Balaban J connectivity index is 2.99. The van der Waals surface area contributed by atoms with Gasteiger partial charge in [-0.2, -0.15) is 0 Å². The van der Waals surface area contributed by atoms with Crippen LogP contribution in [-0.2, 0) is 35.2 Å². The monoisotopic (exact) mass is 536 g/mol. The van der Waals surface area contributed by atoms with Crippen LogP contribution in [0.4, 0.5) is 0 Å². The van der Waals surface area contributed by atoms with Crippen molar-refractivity contribution in [1.82, 2.24) is 16.0 Å². The Kier molecular flexibility index (Phi) is 13.5. The summed E-state index contributed by atoms with van der Waals surface area (Å²) in [5.74, 6) is -6.39. The third-order valence-corrected chi connectivity index (χ3v) is 5.52. The summed E-state index contributed by atoms with van der Waals surface area (Å²) >= 11 is 0. The van der Waals surface area contributed by atoms with Gasteiger partial charge in [0.15, 0.2) is 0 Å². The molecule has 0 aliphatic rings. The van der Waals surface area contributed by atoms with Gasteiger partial charge in [0.25, 0.3) is 0 Å². The van der Waals surface area contributed by atoms with Gasteiger partial charge in [0, 0.05) is 12.8 Å². The lowest BCUT2D eigenvalue weighted by Gasteiger charge is -2.26. The number of nitrogens with one attached hydrogen (secondary N) is 3. The number of rotatable bonds is 17. The molecule has 3 amide bonds. The molecule has 0 aliphatic heterocycles.